The van der Waals surface area contributed by atoms with Gasteiger partial charge >= 0.3 is 45.5 Å². The summed E-state index contributed by atoms with van der Waals surface area (Å²) in [5.74, 6) is -4.94. The largest absolute Gasteiger partial charge is 2.00 e. The molecule has 0 amide bonds. The molecule has 0 aliphatic carbocycles. The maximum Gasteiger partial charge on any atom is 2.00 e. The van der Waals surface area contributed by atoms with Crippen LogP contribution in [0.5, 0.6) is 0 Å². The number of carboxylic acid groups (broad SMARTS) is 2. The third kappa shape index (κ3) is 11.3. The van der Waals surface area contributed by atoms with Crippen molar-refractivity contribution in [2.45, 2.75) is 41.5 Å². The van der Waals surface area contributed by atoms with Gasteiger partial charge < -0.3 is 19.8 Å². The van der Waals surface area contributed by atoms with E-state index in [2.05, 4.69) is 0 Å². The number of Topliss-reactive ketones (excluding diaryl/α,β-unsaturated/α-hetero) is 2. The second-order valence-electron chi connectivity index (χ2n) is 5.73. The van der Waals surface area contributed by atoms with Crippen LogP contribution >= 0.6 is 0 Å². The van der Waals surface area contributed by atoms with E-state index in [1.54, 1.807) is 0 Å². The molecule has 19 heavy (non-hydrogen) atoms. The van der Waals surface area contributed by atoms with Crippen molar-refractivity contribution in [2.75, 3.05) is 0 Å². The van der Waals surface area contributed by atoms with Gasteiger partial charge in [-0.2, -0.15) is 0 Å². The molecule has 0 aromatic rings. The number of carbonyl (C=O) groups is 4. The predicted octanol–water partition coefficient (Wildman–Crippen LogP) is -1.68. The van der Waals surface area contributed by atoms with Crippen LogP contribution in [-0.4, -0.2) is 69.0 Å². The number of hydrogen-bond donors (Lipinski definition) is 0. The summed E-state index contributed by atoms with van der Waals surface area (Å²) < 4.78 is 0. The van der Waals surface area contributed by atoms with Crippen molar-refractivity contribution < 1.29 is 29.4 Å². The van der Waals surface area contributed by atoms with E-state index in [1.807, 2.05) is 0 Å². The molecule has 0 radical (unpaired) electrons. The molecule has 0 aromatic carbocycles. The van der Waals surface area contributed by atoms with E-state index in [0.29, 0.717) is 0 Å². The first-order chi connectivity index (χ1) is 7.71. The third-order valence-electron chi connectivity index (χ3n) is 1.73. The van der Waals surface area contributed by atoms with Crippen LogP contribution < -0.4 is 10.2 Å². The van der Waals surface area contributed by atoms with Crippen LogP contribution in [0.2, 0.25) is 0 Å². The molecular weight excluding hydrogens is 328 g/mol. The fraction of sp³-hybridized carbons (Fsp3) is 0.667. The summed E-state index contributed by atoms with van der Waals surface area (Å²) in [6, 6.07) is 0. The van der Waals surface area contributed by atoms with Crippen LogP contribution in [0.1, 0.15) is 41.5 Å². The fourth-order valence-corrected chi connectivity index (χ4v) is 0.612. The molecular formula is C12H18O6Sr. The van der Waals surface area contributed by atoms with Crippen LogP contribution in [-0.2, 0) is 19.2 Å². The van der Waals surface area contributed by atoms with Gasteiger partial charge in [0, 0.05) is 10.8 Å². The molecule has 0 rings (SSSR count). The number of rotatable bonds is 2. The second-order valence-corrected chi connectivity index (χ2v) is 5.73. The van der Waals surface area contributed by atoms with E-state index < -0.39 is 34.3 Å². The Morgan fingerprint density at radius 1 is 0.632 bits per heavy atom. The summed E-state index contributed by atoms with van der Waals surface area (Å²) in [6.07, 6.45) is 0. The Morgan fingerprint density at radius 2 is 0.789 bits per heavy atom. The minimum absolute atomic E-state index is 0. The molecule has 0 bridgehead atoms. The zero-order chi connectivity index (χ0) is 15.3. The van der Waals surface area contributed by atoms with E-state index in [1.165, 1.54) is 41.5 Å². The van der Waals surface area contributed by atoms with E-state index >= 15 is 0 Å². The van der Waals surface area contributed by atoms with Crippen molar-refractivity contribution in [1.29, 1.82) is 0 Å². The smallest absolute Gasteiger partial charge is 0.542 e. The van der Waals surface area contributed by atoms with Gasteiger partial charge in [0.15, 0.2) is 11.6 Å². The summed E-state index contributed by atoms with van der Waals surface area (Å²) in [4.78, 5) is 40.8. The fourth-order valence-electron chi connectivity index (χ4n) is 0.612. The molecule has 6 nitrogen and oxygen atoms in total. The molecule has 0 saturated heterocycles. The zero-order valence-corrected chi connectivity index (χ0v) is 15.6. The molecule has 0 atom stereocenters. The molecule has 0 spiro atoms. The number of carbonyl (C=O) groups excluding carboxylic acids is 4. The monoisotopic (exact) mass is 346 g/mol. The van der Waals surface area contributed by atoms with Gasteiger partial charge in [-0.3, -0.25) is 9.59 Å². The van der Waals surface area contributed by atoms with Gasteiger partial charge in [-0.1, -0.05) is 41.5 Å². The molecule has 0 aromatic heterocycles. The first kappa shape index (κ1) is 23.8. The van der Waals surface area contributed by atoms with Crippen LogP contribution in [0.25, 0.3) is 0 Å². The Balaban J connectivity index is -0.000000256. The minimum Gasteiger partial charge on any atom is -0.542 e. The minimum atomic E-state index is -1.61. The van der Waals surface area contributed by atoms with Crippen molar-refractivity contribution in [2.24, 2.45) is 10.8 Å². The Kier molecular flexibility index (Phi) is 11.1. The quantitative estimate of drug-likeness (QED) is 0.436. The van der Waals surface area contributed by atoms with Crippen molar-refractivity contribution in [3.05, 3.63) is 0 Å². The van der Waals surface area contributed by atoms with Crippen molar-refractivity contribution in [3.63, 3.8) is 0 Å². The predicted molar refractivity (Wildman–Crippen MR) is 64.7 cm³/mol. The first-order valence-corrected chi connectivity index (χ1v) is 5.22. The van der Waals surface area contributed by atoms with E-state index in [4.69, 9.17) is 0 Å². The maximum atomic E-state index is 10.5. The molecule has 0 heterocycles. The Morgan fingerprint density at radius 3 is 0.789 bits per heavy atom. The molecule has 0 saturated carbocycles. The van der Waals surface area contributed by atoms with Crippen molar-refractivity contribution >= 4 is 69.0 Å². The van der Waals surface area contributed by atoms with Gasteiger partial charge in [-0.25, -0.2) is 0 Å². The number of aliphatic carboxylic acids is 2. The van der Waals surface area contributed by atoms with Gasteiger partial charge in [-0.15, -0.1) is 0 Å². The first-order valence-electron chi connectivity index (χ1n) is 5.22. The van der Waals surface area contributed by atoms with Crippen LogP contribution in [0.3, 0.4) is 0 Å². The van der Waals surface area contributed by atoms with Crippen LogP contribution in [0.15, 0.2) is 0 Å². The summed E-state index contributed by atoms with van der Waals surface area (Å²) in [5, 5.41) is 19.8. The molecule has 0 unspecified atom stereocenters. The van der Waals surface area contributed by atoms with Gasteiger partial charge in [0.05, 0.1) is 0 Å². The van der Waals surface area contributed by atoms with E-state index in [-0.39, 0.29) is 45.5 Å². The van der Waals surface area contributed by atoms with Gasteiger partial charge in [0.2, 0.25) is 0 Å². The second kappa shape index (κ2) is 8.84. The summed E-state index contributed by atoms with van der Waals surface area (Å²) >= 11 is 0. The Hall–Kier alpha value is -0.239. The average Bonchev–Trinajstić information content (AvgIpc) is 2.13. The number of hydrogen-bond acceptors (Lipinski definition) is 6. The molecule has 0 N–H and O–H groups in total. The van der Waals surface area contributed by atoms with Gasteiger partial charge in [-0.05, 0) is 0 Å². The van der Waals surface area contributed by atoms with Crippen LogP contribution in [0, 0.1) is 10.8 Å². The van der Waals surface area contributed by atoms with Crippen molar-refractivity contribution in [1.82, 2.24) is 0 Å². The standard InChI is InChI=1S/2C6H10O3.Sr/c2*1-6(2,3)4(7)5(8)9;/h2*1-3H3,(H,8,9);/q;;+2/p-2. The zero-order valence-electron chi connectivity index (χ0n) is 12.2. The molecule has 0 aliphatic rings. The van der Waals surface area contributed by atoms with Crippen LogP contribution in [0.4, 0.5) is 0 Å². The molecule has 104 valence electrons. The topological polar surface area (TPSA) is 114 Å². The van der Waals surface area contributed by atoms with Crippen molar-refractivity contribution in [3.8, 4) is 0 Å². The van der Waals surface area contributed by atoms with E-state index in [9.17, 15) is 29.4 Å². The Bertz CT molecular complexity index is 323. The third-order valence-corrected chi connectivity index (χ3v) is 1.73. The summed E-state index contributed by atoms with van der Waals surface area (Å²) in [6.45, 7) is 9.20. The summed E-state index contributed by atoms with van der Waals surface area (Å²) in [5.41, 5.74) is -1.64. The molecule has 7 heteroatoms. The Labute approximate surface area is 149 Å². The SMILES string of the molecule is CC(C)(C)C(=O)C(=O)[O-].CC(C)(C)C(=O)C(=O)[O-].[Sr+2]. The van der Waals surface area contributed by atoms with E-state index in [0.717, 1.165) is 0 Å². The average molecular weight is 346 g/mol. The summed E-state index contributed by atoms with van der Waals surface area (Å²) in [7, 11) is 0. The molecule has 0 fully saturated rings. The number of ketones is 2. The van der Waals surface area contributed by atoms with Gasteiger partial charge in [0.1, 0.15) is 11.9 Å². The molecule has 0 aliphatic heterocycles. The normalized spacial score (nSPS) is 10.4. The van der Waals surface area contributed by atoms with Gasteiger partial charge in [0.25, 0.3) is 0 Å². The maximum absolute atomic E-state index is 10.5. The number of carboxylic acids is 2.